The van der Waals surface area contributed by atoms with Crippen molar-refractivity contribution in [3.63, 3.8) is 0 Å². The van der Waals surface area contributed by atoms with Crippen molar-refractivity contribution in [3.8, 4) is 5.75 Å². The van der Waals surface area contributed by atoms with E-state index in [4.69, 9.17) is 16.3 Å². The highest BCUT2D eigenvalue weighted by atomic mass is 35.5. The number of hydrogen-bond donors (Lipinski definition) is 0. The average Bonchev–Trinajstić information content (AvgIpc) is 2.85. The van der Waals surface area contributed by atoms with Crippen LogP contribution in [-0.4, -0.2) is 34.7 Å². The molecule has 0 aliphatic rings. The third kappa shape index (κ3) is 5.48. The monoisotopic (exact) mass is 391 g/mol. The van der Waals surface area contributed by atoms with E-state index in [1.165, 1.54) is 5.56 Å². The number of rotatable bonds is 8. The molecule has 0 aliphatic heterocycles. The lowest BCUT2D eigenvalue weighted by molar-refractivity contribution is -0.130. The highest BCUT2D eigenvalue weighted by molar-refractivity contribution is 6.30. The third-order valence-electron chi connectivity index (χ3n) is 4.73. The molecule has 0 N–H and O–H groups in total. The quantitative estimate of drug-likeness (QED) is 0.669. The van der Waals surface area contributed by atoms with Gasteiger partial charge in [0, 0.05) is 42.8 Å². The molecule has 2 aromatic rings. The Labute approximate surface area is 167 Å². The summed E-state index contributed by atoms with van der Waals surface area (Å²) in [5.41, 5.74) is 4.25. The summed E-state index contributed by atoms with van der Waals surface area (Å²) in [6.07, 6.45) is 1.15. The summed E-state index contributed by atoms with van der Waals surface area (Å²) in [6.45, 7) is 9.83. The van der Waals surface area contributed by atoms with E-state index in [1.807, 2.05) is 26.1 Å². The van der Waals surface area contributed by atoms with Crippen LogP contribution in [0.5, 0.6) is 5.75 Å². The minimum Gasteiger partial charge on any atom is -0.496 e. The molecule has 0 spiro atoms. The molecule has 0 bridgehead atoms. The molecule has 0 saturated heterocycles. The van der Waals surface area contributed by atoms with Crippen LogP contribution in [0, 0.1) is 19.8 Å². The topological polar surface area (TPSA) is 47.4 Å². The summed E-state index contributed by atoms with van der Waals surface area (Å²) in [5, 5.41) is 5.27. The predicted molar refractivity (Wildman–Crippen MR) is 109 cm³/mol. The van der Waals surface area contributed by atoms with E-state index in [2.05, 4.69) is 30.6 Å². The number of ether oxygens (including phenoxy) is 1. The van der Waals surface area contributed by atoms with Gasteiger partial charge in [0.25, 0.3) is 0 Å². The number of halogens is 1. The first-order valence-electron chi connectivity index (χ1n) is 9.32. The average molecular weight is 392 g/mol. The highest BCUT2D eigenvalue weighted by Crippen LogP contribution is 2.24. The number of carbonyl (C=O) groups excluding carboxylic acids is 1. The Kier molecular flexibility index (Phi) is 7.31. The van der Waals surface area contributed by atoms with Crippen molar-refractivity contribution in [2.45, 2.75) is 53.6 Å². The Hall–Kier alpha value is -2.01. The van der Waals surface area contributed by atoms with Gasteiger partial charge < -0.3 is 9.64 Å². The van der Waals surface area contributed by atoms with Crippen molar-refractivity contribution < 1.29 is 9.53 Å². The van der Waals surface area contributed by atoms with E-state index in [1.54, 1.807) is 18.1 Å². The first-order valence-corrected chi connectivity index (χ1v) is 9.70. The van der Waals surface area contributed by atoms with Crippen LogP contribution in [-0.2, 0) is 24.3 Å². The summed E-state index contributed by atoms with van der Waals surface area (Å²) < 4.78 is 7.42. The first-order chi connectivity index (χ1) is 12.7. The van der Waals surface area contributed by atoms with Gasteiger partial charge in [-0.05, 0) is 49.9 Å². The lowest BCUT2D eigenvalue weighted by Gasteiger charge is -2.19. The van der Waals surface area contributed by atoms with Gasteiger partial charge in [-0.2, -0.15) is 5.10 Å². The van der Waals surface area contributed by atoms with Gasteiger partial charge in [0.15, 0.2) is 0 Å². The number of aromatic nitrogens is 2. The molecule has 0 aliphatic carbocycles. The van der Waals surface area contributed by atoms with Gasteiger partial charge in [-0.1, -0.05) is 25.4 Å². The van der Waals surface area contributed by atoms with Gasteiger partial charge in [0.1, 0.15) is 5.75 Å². The molecule has 0 fully saturated rings. The largest absolute Gasteiger partial charge is 0.496 e. The van der Waals surface area contributed by atoms with E-state index >= 15 is 0 Å². The zero-order valence-corrected chi connectivity index (χ0v) is 17.9. The van der Waals surface area contributed by atoms with Gasteiger partial charge in [-0.25, -0.2) is 0 Å². The summed E-state index contributed by atoms with van der Waals surface area (Å²) >= 11 is 6.08. The molecular formula is C21H30ClN3O2. The second kappa shape index (κ2) is 9.27. The first kappa shape index (κ1) is 21.3. The molecule has 148 valence electrons. The molecular weight excluding hydrogens is 362 g/mol. The minimum atomic E-state index is 0.0902. The van der Waals surface area contributed by atoms with Gasteiger partial charge in [0.05, 0.1) is 12.8 Å². The standard InChI is InChI=1S/C21H30ClN3O2/c1-14(2)12-25-16(4)19(15(3)23-25)8-10-21(26)24(5)13-17-11-18(22)7-9-20(17)27-6/h7,9,11,14H,8,10,12-13H2,1-6H3. The fraction of sp³-hybridized carbons (Fsp3) is 0.524. The van der Waals surface area contributed by atoms with Crippen LogP contribution in [0.4, 0.5) is 0 Å². The summed E-state index contributed by atoms with van der Waals surface area (Å²) in [5.74, 6) is 1.37. The van der Waals surface area contributed by atoms with E-state index in [0.29, 0.717) is 30.3 Å². The van der Waals surface area contributed by atoms with Gasteiger partial charge in [0.2, 0.25) is 5.91 Å². The zero-order valence-electron chi connectivity index (χ0n) is 17.2. The number of benzene rings is 1. The highest BCUT2D eigenvalue weighted by Gasteiger charge is 2.17. The maximum Gasteiger partial charge on any atom is 0.222 e. The lowest BCUT2D eigenvalue weighted by Crippen LogP contribution is -2.26. The molecule has 1 aromatic heterocycles. The molecule has 27 heavy (non-hydrogen) atoms. The van der Waals surface area contributed by atoms with E-state index in [-0.39, 0.29) is 5.91 Å². The molecule has 2 rings (SSSR count). The number of hydrogen-bond acceptors (Lipinski definition) is 3. The number of amides is 1. The van der Waals surface area contributed by atoms with Gasteiger partial charge in [-0.15, -0.1) is 0 Å². The molecule has 1 amide bonds. The second-order valence-electron chi connectivity index (χ2n) is 7.43. The number of methoxy groups -OCH3 is 1. The summed E-state index contributed by atoms with van der Waals surface area (Å²) in [6, 6.07) is 5.45. The van der Waals surface area contributed by atoms with Crippen molar-refractivity contribution >= 4 is 17.5 Å². The normalized spacial score (nSPS) is 11.1. The van der Waals surface area contributed by atoms with Crippen LogP contribution in [0.2, 0.25) is 5.02 Å². The van der Waals surface area contributed by atoms with Crippen LogP contribution in [0.1, 0.15) is 42.8 Å². The van der Waals surface area contributed by atoms with Crippen molar-refractivity contribution in [2.75, 3.05) is 14.2 Å². The van der Waals surface area contributed by atoms with Crippen molar-refractivity contribution in [1.29, 1.82) is 0 Å². The molecule has 0 radical (unpaired) electrons. The molecule has 1 aromatic carbocycles. The molecule has 6 heteroatoms. The van der Waals surface area contributed by atoms with Crippen LogP contribution in [0.15, 0.2) is 18.2 Å². The van der Waals surface area contributed by atoms with Crippen molar-refractivity contribution in [3.05, 3.63) is 45.7 Å². The second-order valence-corrected chi connectivity index (χ2v) is 7.87. The smallest absolute Gasteiger partial charge is 0.222 e. The fourth-order valence-electron chi connectivity index (χ4n) is 3.26. The Bertz CT molecular complexity index is 799. The maximum absolute atomic E-state index is 12.6. The maximum atomic E-state index is 12.6. The molecule has 5 nitrogen and oxygen atoms in total. The molecule has 0 saturated carbocycles. The lowest BCUT2D eigenvalue weighted by atomic mass is 10.1. The van der Waals surface area contributed by atoms with Crippen molar-refractivity contribution in [2.24, 2.45) is 5.92 Å². The Morgan fingerprint density at radius 2 is 2.04 bits per heavy atom. The SMILES string of the molecule is COc1ccc(Cl)cc1CN(C)C(=O)CCc1c(C)nn(CC(C)C)c1C. The summed E-state index contributed by atoms with van der Waals surface area (Å²) in [7, 11) is 3.43. The predicted octanol–water partition coefficient (Wildman–Crippen LogP) is 4.41. The van der Waals surface area contributed by atoms with E-state index in [9.17, 15) is 4.79 Å². The summed E-state index contributed by atoms with van der Waals surface area (Å²) in [4.78, 5) is 14.4. The third-order valence-corrected chi connectivity index (χ3v) is 4.97. The molecule has 1 heterocycles. The van der Waals surface area contributed by atoms with Crippen LogP contribution in [0.3, 0.4) is 0 Å². The van der Waals surface area contributed by atoms with Gasteiger partial charge >= 0.3 is 0 Å². The number of nitrogens with zero attached hydrogens (tertiary/aromatic N) is 3. The Balaban J connectivity index is 2.02. The fourth-order valence-corrected chi connectivity index (χ4v) is 3.45. The van der Waals surface area contributed by atoms with Crippen LogP contribution < -0.4 is 4.74 Å². The van der Waals surface area contributed by atoms with Crippen LogP contribution in [0.25, 0.3) is 0 Å². The van der Waals surface area contributed by atoms with E-state index in [0.717, 1.165) is 29.2 Å². The van der Waals surface area contributed by atoms with Crippen molar-refractivity contribution in [1.82, 2.24) is 14.7 Å². The Morgan fingerprint density at radius 3 is 2.67 bits per heavy atom. The molecule has 0 atom stereocenters. The van der Waals surface area contributed by atoms with Gasteiger partial charge in [-0.3, -0.25) is 9.48 Å². The number of aryl methyl sites for hydroxylation is 1. The van der Waals surface area contributed by atoms with Crippen LogP contribution >= 0.6 is 11.6 Å². The van der Waals surface area contributed by atoms with E-state index < -0.39 is 0 Å². The zero-order chi connectivity index (χ0) is 20.1. The minimum absolute atomic E-state index is 0.0902. The number of carbonyl (C=O) groups is 1. The molecule has 0 unspecified atom stereocenters. The Morgan fingerprint density at radius 1 is 1.33 bits per heavy atom.